The van der Waals surface area contributed by atoms with Gasteiger partial charge in [-0.3, -0.25) is 9.69 Å². The van der Waals surface area contributed by atoms with Crippen molar-refractivity contribution in [3.63, 3.8) is 0 Å². The minimum Gasteiger partial charge on any atom is -0.390 e. The zero-order valence-corrected chi connectivity index (χ0v) is 15.1. The van der Waals surface area contributed by atoms with Gasteiger partial charge in [0, 0.05) is 52.7 Å². The molecule has 0 saturated carbocycles. The highest BCUT2D eigenvalue weighted by atomic mass is 19.1. The normalized spacial score (nSPS) is 17.8. The van der Waals surface area contributed by atoms with E-state index in [-0.39, 0.29) is 18.1 Å². The smallest absolute Gasteiger partial charge is 0.226 e. The van der Waals surface area contributed by atoms with Gasteiger partial charge in [-0.2, -0.15) is 0 Å². The number of halogens is 1. The molecule has 1 aromatic rings. The number of hydrogen-bond donors (Lipinski definition) is 1. The number of amides is 1. The molecule has 1 aliphatic heterocycles. The molecule has 2 rings (SSSR count). The molecule has 0 bridgehead atoms. The number of rotatable bonds is 7. The van der Waals surface area contributed by atoms with Gasteiger partial charge < -0.3 is 14.9 Å². The third-order valence-electron chi connectivity index (χ3n) is 4.43. The summed E-state index contributed by atoms with van der Waals surface area (Å²) in [5.74, 6) is -0.359. The summed E-state index contributed by atoms with van der Waals surface area (Å²) < 4.78 is 13.1. The van der Waals surface area contributed by atoms with E-state index in [1.54, 1.807) is 36.2 Å². The highest BCUT2D eigenvalue weighted by molar-refractivity contribution is 5.78. The maximum absolute atomic E-state index is 13.1. The number of carbonyl (C=O) groups excluding carboxylic acids is 1. The third-order valence-corrected chi connectivity index (χ3v) is 4.43. The van der Waals surface area contributed by atoms with E-state index in [4.69, 9.17) is 0 Å². The molecule has 1 aromatic carbocycles. The van der Waals surface area contributed by atoms with E-state index in [0.29, 0.717) is 13.1 Å². The molecule has 5 nitrogen and oxygen atoms in total. The first-order chi connectivity index (χ1) is 11.9. The maximum atomic E-state index is 13.1. The fraction of sp³-hybridized carbons (Fsp3) is 0.526. The van der Waals surface area contributed by atoms with Crippen molar-refractivity contribution in [3.8, 4) is 0 Å². The molecular formula is C19H28FN3O2. The van der Waals surface area contributed by atoms with E-state index in [0.717, 1.165) is 31.7 Å². The van der Waals surface area contributed by atoms with Crippen LogP contribution in [0.3, 0.4) is 0 Å². The molecule has 1 fully saturated rings. The lowest BCUT2D eigenvalue weighted by Crippen LogP contribution is -2.48. The van der Waals surface area contributed by atoms with Crippen molar-refractivity contribution in [1.82, 2.24) is 14.7 Å². The molecule has 0 aromatic heterocycles. The summed E-state index contributed by atoms with van der Waals surface area (Å²) in [5, 5.41) is 10.2. The van der Waals surface area contributed by atoms with Crippen LogP contribution in [-0.2, 0) is 4.79 Å². The number of benzene rings is 1. The number of aliphatic hydroxyl groups excluding tert-OH is 1. The number of β-amino-alcohol motifs (C(OH)–C–C–N with tert-alkyl or cyclic N) is 1. The Labute approximate surface area is 149 Å². The van der Waals surface area contributed by atoms with E-state index >= 15 is 0 Å². The predicted octanol–water partition coefficient (Wildman–Crippen LogP) is 1.30. The van der Waals surface area contributed by atoms with Gasteiger partial charge in [0.25, 0.3) is 0 Å². The third kappa shape index (κ3) is 6.94. The first-order valence-corrected chi connectivity index (χ1v) is 8.69. The summed E-state index contributed by atoms with van der Waals surface area (Å²) in [6.07, 6.45) is 3.13. The molecule has 0 aliphatic carbocycles. The lowest BCUT2D eigenvalue weighted by Gasteiger charge is -2.34. The molecule has 1 unspecified atom stereocenters. The quantitative estimate of drug-likeness (QED) is 0.806. The molecule has 0 spiro atoms. The van der Waals surface area contributed by atoms with Crippen molar-refractivity contribution in [2.45, 2.75) is 12.5 Å². The van der Waals surface area contributed by atoms with Gasteiger partial charge in [-0.05, 0) is 24.7 Å². The Kier molecular flexibility index (Phi) is 7.55. The van der Waals surface area contributed by atoms with Crippen molar-refractivity contribution in [3.05, 3.63) is 41.7 Å². The fourth-order valence-electron chi connectivity index (χ4n) is 2.87. The Hall–Kier alpha value is -1.76. The van der Waals surface area contributed by atoms with Gasteiger partial charge >= 0.3 is 0 Å². The zero-order valence-electron chi connectivity index (χ0n) is 15.1. The van der Waals surface area contributed by atoms with Crippen molar-refractivity contribution < 1.29 is 14.3 Å². The Morgan fingerprint density at radius 2 is 2.08 bits per heavy atom. The summed E-state index contributed by atoms with van der Waals surface area (Å²) >= 11 is 0. The van der Waals surface area contributed by atoms with Gasteiger partial charge in [0.2, 0.25) is 5.91 Å². The first-order valence-electron chi connectivity index (χ1n) is 8.69. The fourth-order valence-corrected chi connectivity index (χ4v) is 2.87. The van der Waals surface area contributed by atoms with Crippen LogP contribution in [0.25, 0.3) is 6.08 Å². The number of likely N-dealkylation sites (N-methyl/N-ethyl adjacent to an activating group) is 2. The van der Waals surface area contributed by atoms with Gasteiger partial charge in [0.15, 0.2) is 0 Å². The Morgan fingerprint density at radius 1 is 1.36 bits per heavy atom. The summed E-state index contributed by atoms with van der Waals surface area (Å²) in [5.41, 5.74) is 0.727. The van der Waals surface area contributed by atoms with E-state index < -0.39 is 6.10 Å². The SMILES string of the molecule is CN1CCN(CC(O)CN(C)C(=O)C/C=C/c2cccc(F)c2)CC1. The van der Waals surface area contributed by atoms with Gasteiger partial charge in [0.1, 0.15) is 5.82 Å². The van der Waals surface area contributed by atoms with Crippen LogP contribution in [0.4, 0.5) is 4.39 Å². The molecule has 1 heterocycles. The van der Waals surface area contributed by atoms with Crippen LogP contribution in [0.2, 0.25) is 0 Å². The highest BCUT2D eigenvalue weighted by Gasteiger charge is 2.19. The summed E-state index contributed by atoms with van der Waals surface area (Å²) in [4.78, 5) is 18.2. The highest BCUT2D eigenvalue weighted by Crippen LogP contribution is 2.07. The van der Waals surface area contributed by atoms with Crippen LogP contribution in [0, 0.1) is 5.82 Å². The van der Waals surface area contributed by atoms with Crippen LogP contribution in [0.5, 0.6) is 0 Å². The number of carbonyl (C=O) groups is 1. The Bertz CT molecular complexity index is 586. The average molecular weight is 349 g/mol. The van der Waals surface area contributed by atoms with Gasteiger partial charge in [-0.15, -0.1) is 0 Å². The predicted molar refractivity (Wildman–Crippen MR) is 97.6 cm³/mol. The van der Waals surface area contributed by atoms with Crippen molar-refractivity contribution in [2.75, 3.05) is 53.4 Å². The van der Waals surface area contributed by atoms with Gasteiger partial charge in [-0.25, -0.2) is 4.39 Å². The summed E-state index contributed by atoms with van der Waals surface area (Å²) in [6, 6.07) is 6.23. The van der Waals surface area contributed by atoms with E-state index in [1.165, 1.54) is 12.1 Å². The summed E-state index contributed by atoms with van der Waals surface area (Å²) in [7, 11) is 3.79. The standard InChI is InChI=1S/C19H28FN3O2/c1-21-9-11-23(12-10-21)15-18(24)14-22(2)19(25)8-4-6-16-5-3-7-17(20)13-16/h3-7,13,18,24H,8-12,14-15H2,1-2H3/b6-4+. The van der Waals surface area contributed by atoms with Crippen LogP contribution in [-0.4, -0.2) is 85.2 Å². The molecular weight excluding hydrogens is 321 g/mol. The van der Waals surface area contributed by atoms with Crippen molar-refractivity contribution in [1.29, 1.82) is 0 Å². The van der Waals surface area contributed by atoms with E-state index in [2.05, 4.69) is 16.8 Å². The minimum atomic E-state index is -0.551. The van der Waals surface area contributed by atoms with Crippen molar-refractivity contribution in [2.24, 2.45) is 0 Å². The number of nitrogens with zero attached hydrogens (tertiary/aromatic N) is 3. The van der Waals surface area contributed by atoms with E-state index in [9.17, 15) is 14.3 Å². The Balaban J connectivity index is 1.72. The molecule has 6 heteroatoms. The largest absolute Gasteiger partial charge is 0.390 e. The molecule has 0 radical (unpaired) electrons. The number of hydrogen-bond acceptors (Lipinski definition) is 4. The van der Waals surface area contributed by atoms with Crippen molar-refractivity contribution >= 4 is 12.0 Å². The lowest BCUT2D eigenvalue weighted by atomic mass is 10.2. The minimum absolute atomic E-state index is 0.0647. The van der Waals surface area contributed by atoms with Gasteiger partial charge in [0.05, 0.1) is 6.10 Å². The molecule has 1 aliphatic rings. The zero-order chi connectivity index (χ0) is 18.2. The molecule has 1 saturated heterocycles. The molecule has 1 atom stereocenters. The first kappa shape index (κ1) is 19.6. The molecule has 1 amide bonds. The molecule has 1 N–H and O–H groups in total. The van der Waals surface area contributed by atoms with Crippen LogP contribution >= 0.6 is 0 Å². The maximum Gasteiger partial charge on any atom is 0.226 e. The Morgan fingerprint density at radius 3 is 2.76 bits per heavy atom. The number of piperazine rings is 1. The summed E-state index contributed by atoms with van der Waals surface area (Å²) in [6.45, 7) is 4.81. The molecule has 25 heavy (non-hydrogen) atoms. The lowest BCUT2D eigenvalue weighted by molar-refractivity contribution is -0.130. The second-order valence-corrected chi connectivity index (χ2v) is 6.69. The average Bonchev–Trinajstić information content (AvgIpc) is 2.57. The van der Waals surface area contributed by atoms with Gasteiger partial charge in [-0.1, -0.05) is 24.3 Å². The monoisotopic (exact) mass is 349 g/mol. The van der Waals surface area contributed by atoms with E-state index in [1.807, 2.05) is 0 Å². The topological polar surface area (TPSA) is 47.0 Å². The van der Waals surface area contributed by atoms with Crippen LogP contribution in [0.15, 0.2) is 30.3 Å². The second-order valence-electron chi connectivity index (χ2n) is 6.69. The van der Waals surface area contributed by atoms with Crippen LogP contribution in [0.1, 0.15) is 12.0 Å². The molecule has 138 valence electrons. The van der Waals surface area contributed by atoms with Crippen LogP contribution < -0.4 is 0 Å². The second kappa shape index (κ2) is 9.65. The number of aliphatic hydroxyl groups is 1.